The van der Waals surface area contributed by atoms with E-state index in [1.807, 2.05) is 6.08 Å². The van der Waals surface area contributed by atoms with Crippen LogP contribution in [0.1, 0.15) is 31.7 Å². The summed E-state index contributed by atoms with van der Waals surface area (Å²) in [6.07, 6.45) is 2.43. The minimum absolute atomic E-state index is 0.192. The minimum Gasteiger partial charge on any atom is -0.504 e. The minimum atomic E-state index is -0.468. The third-order valence-electron chi connectivity index (χ3n) is 5.91. The number of nitrogens with one attached hydrogen (secondary N) is 1. The van der Waals surface area contributed by atoms with Gasteiger partial charge in [-0.05, 0) is 61.0 Å². The van der Waals surface area contributed by atoms with Gasteiger partial charge in [-0.2, -0.15) is 0 Å². The fourth-order valence-electron chi connectivity index (χ4n) is 4.03. The number of allylic oxidation sites excluding steroid dienone is 1. The molecule has 8 heteroatoms. The molecule has 0 bridgehead atoms. The maximum atomic E-state index is 14.7. The zero-order valence-corrected chi connectivity index (χ0v) is 18.2. The Balaban J connectivity index is 1.68. The molecule has 0 aliphatic carbocycles. The molecule has 0 spiro atoms. The van der Waals surface area contributed by atoms with Gasteiger partial charge in [0.1, 0.15) is 11.6 Å². The number of phenolic OH excluding ortho intramolecular Hbond substituents is 2. The topological polar surface area (TPSA) is 90.6 Å². The maximum Gasteiger partial charge on any atom is 0.261 e. The first-order chi connectivity index (χ1) is 15.4. The van der Waals surface area contributed by atoms with E-state index in [9.17, 15) is 19.4 Å². The summed E-state index contributed by atoms with van der Waals surface area (Å²) < 4.78 is 16.2. The van der Waals surface area contributed by atoms with Crippen molar-refractivity contribution in [2.45, 2.75) is 26.8 Å². The van der Waals surface area contributed by atoms with Crippen LogP contribution in [0.25, 0.3) is 22.6 Å². The summed E-state index contributed by atoms with van der Waals surface area (Å²) in [4.78, 5) is 19.9. The van der Waals surface area contributed by atoms with E-state index >= 15 is 0 Å². The van der Waals surface area contributed by atoms with Gasteiger partial charge in [0.15, 0.2) is 11.5 Å². The second-order valence-corrected chi connectivity index (χ2v) is 7.86. The molecular formula is C24H27FN4O3. The first kappa shape index (κ1) is 21.8. The Labute approximate surface area is 185 Å². The Morgan fingerprint density at radius 3 is 2.69 bits per heavy atom. The lowest BCUT2D eigenvalue weighted by atomic mass is 10.1. The lowest BCUT2D eigenvalue weighted by molar-refractivity contribution is 0.316. The predicted molar refractivity (Wildman–Crippen MR) is 124 cm³/mol. The zero-order chi connectivity index (χ0) is 22.8. The van der Waals surface area contributed by atoms with Gasteiger partial charge in [0.25, 0.3) is 5.56 Å². The van der Waals surface area contributed by atoms with Crippen molar-refractivity contribution in [3.05, 3.63) is 57.9 Å². The van der Waals surface area contributed by atoms with E-state index in [2.05, 4.69) is 29.0 Å². The van der Waals surface area contributed by atoms with E-state index in [4.69, 9.17) is 0 Å². The van der Waals surface area contributed by atoms with Crippen molar-refractivity contribution in [2.75, 3.05) is 31.5 Å². The molecule has 7 nitrogen and oxygen atoms in total. The number of fused-ring (bicyclic) bond motifs is 2. The number of phenols is 2. The van der Waals surface area contributed by atoms with Crippen molar-refractivity contribution in [1.29, 1.82) is 0 Å². The highest BCUT2D eigenvalue weighted by molar-refractivity contribution is 5.86. The van der Waals surface area contributed by atoms with Gasteiger partial charge in [-0.15, -0.1) is 0 Å². The fraction of sp³-hybridized carbons (Fsp3) is 0.333. The lowest BCUT2D eigenvalue weighted by Gasteiger charge is -2.18. The Hall–Kier alpha value is -3.39. The highest BCUT2D eigenvalue weighted by Gasteiger charge is 2.22. The molecule has 1 aromatic heterocycles. The van der Waals surface area contributed by atoms with Gasteiger partial charge in [-0.25, -0.2) is 9.37 Å². The zero-order valence-electron chi connectivity index (χ0n) is 18.2. The maximum absolute atomic E-state index is 14.7. The van der Waals surface area contributed by atoms with Crippen molar-refractivity contribution in [1.82, 2.24) is 14.5 Å². The Bertz CT molecular complexity index is 1250. The molecule has 0 atom stereocenters. The SMILES string of the molecule is CCN(CC)CCNc1cc2nc3n(c(=O)c2cc1F)CC/C3=C\c1ccc(O)c(O)c1. The lowest BCUT2D eigenvalue weighted by Crippen LogP contribution is -2.28. The largest absolute Gasteiger partial charge is 0.504 e. The molecule has 0 unspecified atom stereocenters. The summed E-state index contributed by atoms with van der Waals surface area (Å²) in [7, 11) is 0. The van der Waals surface area contributed by atoms with Crippen LogP contribution in [0, 0.1) is 5.82 Å². The average Bonchev–Trinajstić information content (AvgIpc) is 3.17. The van der Waals surface area contributed by atoms with Crippen molar-refractivity contribution >= 4 is 28.2 Å². The molecule has 1 aliphatic rings. The third kappa shape index (κ3) is 4.18. The Kier molecular flexibility index (Phi) is 6.14. The molecule has 0 fully saturated rings. The number of benzene rings is 2. The van der Waals surface area contributed by atoms with Crippen LogP contribution in [0.4, 0.5) is 10.1 Å². The van der Waals surface area contributed by atoms with Crippen LogP contribution in [0.3, 0.4) is 0 Å². The molecule has 168 valence electrons. The first-order valence-corrected chi connectivity index (χ1v) is 10.8. The molecule has 0 saturated heterocycles. The summed E-state index contributed by atoms with van der Waals surface area (Å²) in [6, 6.07) is 7.40. The molecule has 4 rings (SSSR count). The summed E-state index contributed by atoms with van der Waals surface area (Å²) in [6.45, 7) is 7.86. The summed E-state index contributed by atoms with van der Waals surface area (Å²) in [5.41, 5.74) is 2.03. The number of halogens is 1. The normalized spacial score (nSPS) is 14.4. The van der Waals surface area contributed by atoms with Gasteiger partial charge >= 0.3 is 0 Å². The monoisotopic (exact) mass is 438 g/mol. The van der Waals surface area contributed by atoms with Gasteiger partial charge in [0.2, 0.25) is 0 Å². The van der Waals surface area contributed by atoms with E-state index < -0.39 is 5.82 Å². The van der Waals surface area contributed by atoms with Crippen LogP contribution < -0.4 is 10.9 Å². The third-order valence-corrected chi connectivity index (χ3v) is 5.91. The highest BCUT2D eigenvalue weighted by Crippen LogP contribution is 2.31. The molecule has 0 radical (unpaired) electrons. The van der Waals surface area contributed by atoms with Crippen LogP contribution in [0.15, 0.2) is 35.1 Å². The standard InChI is InChI=1S/C24H27FN4O3/c1-3-28(4-2)10-8-26-20-14-19-17(13-18(20)25)24(32)29-9-7-16(23(29)27-19)11-15-5-6-21(30)22(31)12-15/h5-6,11-14,26,30-31H,3-4,7-10H2,1-2H3/b16-11+. The van der Waals surface area contributed by atoms with Gasteiger partial charge in [0, 0.05) is 19.6 Å². The molecular weight excluding hydrogens is 411 g/mol. The van der Waals surface area contributed by atoms with Gasteiger partial charge in [-0.1, -0.05) is 19.9 Å². The number of likely N-dealkylation sites (N-methyl/N-ethyl adjacent to an activating group) is 1. The van der Waals surface area contributed by atoms with Gasteiger partial charge in [0.05, 0.1) is 16.6 Å². The van der Waals surface area contributed by atoms with Crippen LogP contribution in [-0.2, 0) is 6.54 Å². The molecule has 3 aromatic rings. The number of rotatable bonds is 7. The summed E-state index contributed by atoms with van der Waals surface area (Å²) in [5, 5.41) is 22.6. The summed E-state index contributed by atoms with van der Waals surface area (Å²) >= 11 is 0. The van der Waals surface area contributed by atoms with E-state index in [1.165, 1.54) is 18.2 Å². The number of hydrogen-bond acceptors (Lipinski definition) is 6. The van der Waals surface area contributed by atoms with E-state index in [1.54, 1.807) is 16.7 Å². The molecule has 3 N–H and O–H groups in total. The molecule has 32 heavy (non-hydrogen) atoms. The Morgan fingerprint density at radius 1 is 1.19 bits per heavy atom. The quantitative estimate of drug-likeness (QED) is 0.488. The van der Waals surface area contributed by atoms with E-state index in [-0.39, 0.29) is 22.4 Å². The van der Waals surface area contributed by atoms with E-state index in [0.717, 1.165) is 25.2 Å². The molecule has 1 aliphatic heterocycles. The second-order valence-electron chi connectivity index (χ2n) is 7.86. The average molecular weight is 439 g/mol. The fourth-order valence-corrected chi connectivity index (χ4v) is 4.03. The second kappa shape index (κ2) is 9.00. The molecule has 2 heterocycles. The van der Waals surface area contributed by atoms with Crippen molar-refractivity contribution in [3.8, 4) is 11.5 Å². The first-order valence-electron chi connectivity index (χ1n) is 10.8. The number of nitrogens with zero attached hydrogens (tertiary/aromatic N) is 3. The van der Waals surface area contributed by atoms with Crippen molar-refractivity contribution in [3.63, 3.8) is 0 Å². The number of aromatic hydroxyl groups is 2. The van der Waals surface area contributed by atoms with Crippen molar-refractivity contribution < 1.29 is 14.6 Å². The highest BCUT2D eigenvalue weighted by atomic mass is 19.1. The van der Waals surface area contributed by atoms with Crippen LogP contribution in [0.2, 0.25) is 0 Å². The number of hydrogen-bond donors (Lipinski definition) is 3. The number of aromatic nitrogens is 2. The molecule has 0 amide bonds. The summed E-state index contributed by atoms with van der Waals surface area (Å²) in [5.74, 6) is -0.333. The van der Waals surface area contributed by atoms with Gasteiger partial charge in [-0.3, -0.25) is 9.36 Å². The smallest absolute Gasteiger partial charge is 0.261 e. The van der Waals surface area contributed by atoms with Crippen LogP contribution in [0.5, 0.6) is 11.5 Å². The van der Waals surface area contributed by atoms with Gasteiger partial charge < -0.3 is 20.4 Å². The van der Waals surface area contributed by atoms with Crippen molar-refractivity contribution in [2.24, 2.45) is 0 Å². The molecule has 2 aromatic carbocycles. The number of anilines is 1. The predicted octanol–water partition coefficient (Wildman–Crippen LogP) is 3.64. The van der Waals surface area contributed by atoms with E-state index in [0.29, 0.717) is 42.1 Å². The van der Waals surface area contributed by atoms with Crippen LogP contribution in [-0.4, -0.2) is 50.8 Å². The Morgan fingerprint density at radius 2 is 1.97 bits per heavy atom. The molecule has 0 saturated carbocycles. The van der Waals surface area contributed by atoms with Crippen LogP contribution >= 0.6 is 0 Å².